The molecular formula is C12H13N2. The number of benzene rings is 1. The quantitative estimate of drug-likeness (QED) is 0.765. The van der Waals surface area contributed by atoms with E-state index in [1.165, 1.54) is 5.56 Å². The van der Waals surface area contributed by atoms with Gasteiger partial charge >= 0.3 is 0 Å². The van der Waals surface area contributed by atoms with Crippen molar-refractivity contribution in [1.29, 1.82) is 0 Å². The number of H-pyrrole nitrogens is 1. The smallest absolute Gasteiger partial charge is 0.1000 e. The third-order valence-corrected chi connectivity index (χ3v) is 2.30. The molecule has 0 amide bonds. The molecular weight excluding hydrogens is 172 g/mol. The Kier molecular flexibility index (Phi) is 2.35. The van der Waals surface area contributed by atoms with Gasteiger partial charge in [0, 0.05) is 17.8 Å². The molecule has 0 saturated heterocycles. The summed E-state index contributed by atoms with van der Waals surface area (Å²) in [6.07, 6.45) is 1.71. The molecule has 1 N–H and O–H groups in total. The van der Waals surface area contributed by atoms with Gasteiger partial charge in [-0.2, -0.15) is 5.10 Å². The minimum atomic E-state index is 0.576. The van der Waals surface area contributed by atoms with Gasteiger partial charge in [-0.3, -0.25) is 5.10 Å². The number of aromatic amines is 1. The molecule has 0 aliphatic heterocycles. The van der Waals surface area contributed by atoms with Crippen LogP contribution >= 0.6 is 0 Å². The van der Waals surface area contributed by atoms with E-state index in [0.717, 1.165) is 11.3 Å². The van der Waals surface area contributed by atoms with Crippen LogP contribution in [-0.2, 0) is 0 Å². The third kappa shape index (κ3) is 1.69. The molecule has 0 spiro atoms. The van der Waals surface area contributed by atoms with Gasteiger partial charge < -0.3 is 0 Å². The molecule has 2 rings (SSSR count). The Morgan fingerprint density at radius 2 is 1.93 bits per heavy atom. The van der Waals surface area contributed by atoms with Crippen molar-refractivity contribution in [2.75, 3.05) is 0 Å². The molecule has 0 unspecified atom stereocenters. The summed E-state index contributed by atoms with van der Waals surface area (Å²) < 4.78 is 0. The number of rotatable bonds is 2. The molecule has 2 heteroatoms. The Bertz CT molecular complexity index is 385. The second-order valence-electron chi connectivity index (χ2n) is 3.65. The molecule has 1 radical (unpaired) electrons. The lowest BCUT2D eigenvalue weighted by Gasteiger charge is -2.04. The van der Waals surface area contributed by atoms with Crippen molar-refractivity contribution in [2.45, 2.75) is 19.8 Å². The SMILES string of the molecule is CC(C)c1ccc(-c2[c]c[nH]n2)cc1. The summed E-state index contributed by atoms with van der Waals surface area (Å²) in [6, 6.07) is 11.5. The van der Waals surface area contributed by atoms with Crippen LogP contribution in [0.3, 0.4) is 0 Å². The second-order valence-corrected chi connectivity index (χ2v) is 3.65. The number of hydrogen-bond donors (Lipinski definition) is 1. The predicted molar refractivity (Wildman–Crippen MR) is 56.9 cm³/mol. The molecule has 2 nitrogen and oxygen atoms in total. The first-order valence-electron chi connectivity index (χ1n) is 4.79. The lowest BCUT2D eigenvalue weighted by atomic mass is 10.0. The number of hydrogen-bond acceptors (Lipinski definition) is 1. The van der Waals surface area contributed by atoms with Crippen molar-refractivity contribution in [3.63, 3.8) is 0 Å². The highest BCUT2D eigenvalue weighted by atomic mass is 15.1. The summed E-state index contributed by atoms with van der Waals surface area (Å²) in [5.74, 6) is 0.576. The molecule has 1 aromatic carbocycles. The molecule has 0 bridgehead atoms. The summed E-state index contributed by atoms with van der Waals surface area (Å²) in [4.78, 5) is 0. The Morgan fingerprint density at radius 3 is 2.43 bits per heavy atom. The van der Waals surface area contributed by atoms with Crippen LogP contribution in [0.4, 0.5) is 0 Å². The highest BCUT2D eigenvalue weighted by Crippen LogP contribution is 2.20. The summed E-state index contributed by atoms with van der Waals surface area (Å²) in [5, 5.41) is 6.84. The van der Waals surface area contributed by atoms with Crippen LogP contribution < -0.4 is 0 Å². The lowest BCUT2D eigenvalue weighted by molar-refractivity contribution is 0.867. The van der Waals surface area contributed by atoms with Crippen molar-refractivity contribution in [2.24, 2.45) is 0 Å². The zero-order chi connectivity index (χ0) is 9.97. The third-order valence-electron chi connectivity index (χ3n) is 2.30. The summed E-state index contributed by atoms with van der Waals surface area (Å²) in [6.45, 7) is 4.38. The van der Waals surface area contributed by atoms with Gasteiger partial charge in [0.05, 0.1) is 5.69 Å². The first-order chi connectivity index (χ1) is 6.77. The van der Waals surface area contributed by atoms with E-state index < -0.39 is 0 Å². The van der Waals surface area contributed by atoms with Gasteiger partial charge in [0.15, 0.2) is 0 Å². The summed E-state index contributed by atoms with van der Waals surface area (Å²) in [7, 11) is 0. The maximum absolute atomic E-state index is 4.08. The van der Waals surface area contributed by atoms with E-state index >= 15 is 0 Å². The highest BCUT2D eigenvalue weighted by molar-refractivity contribution is 5.58. The van der Waals surface area contributed by atoms with E-state index in [0.29, 0.717) is 5.92 Å². The van der Waals surface area contributed by atoms with Gasteiger partial charge in [-0.1, -0.05) is 38.1 Å². The van der Waals surface area contributed by atoms with Crippen LogP contribution in [0.15, 0.2) is 30.5 Å². The van der Waals surface area contributed by atoms with Crippen LogP contribution in [-0.4, -0.2) is 10.2 Å². The van der Waals surface area contributed by atoms with Crippen LogP contribution in [0.1, 0.15) is 25.3 Å². The number of aromatic nitrogens is 2. The zero-order valence-corrected chi connectivity index (χ0v) is 8.41. The van der Waals surface area contributed by atoms with Gasteiger partial charge in [-0.25, -0.2) is 0 Å². The molecule has 0 saturated carbocycles. The fraction of sp³-hybridized carbons (Fsp3) is 0.250. The number of nitrogens with one attached hydrogen (secondary N) is 1. The van der Waals surface area contributed by atoms with E-state index in [4.69, 9.17) is 0 Å². The molecule has 0 aliphatic carbocycles. The fourth-order valence-electron chi connectivity index (χ4n) is 1.40. The first kappa shape index (κ1) is 9.00. The average Bonchev–Trinajstić information content (AvgIpc) is 2.71. The van der Waals surface area contributed by atoms with E-state index in [-0.39, 0.29) is 0 Å². The Balaban J connectivity index is 2.31. The van der Waals surface area contributed by atoms with Gasteiger partial charge in [-0.05, 0) is 11.5 Å². The summed E-state index contributed by atoms with van der Waals surface area (Å²) in [5.41, 5.74) is 3.33. The lowest BCUT2D eigenvalue weighted by Crippen LogP contribution is -1.86. The maximum Gasteiger partial charge on any atom is 0.1000 e. The molecule has 0 fully saturated rings. The first-order valence-corrected chi connectivity index (χ1v) is 4.79. The van der Waals surface area contributed by atoms with Crippen molar-refractivity contribution in [3.05, 3.63) is 42.1 Å². The van der Waals surface area contributed by atoms with E-state index in [9.17, 15) is 0 Å². The molecule has 1 heterocycles. The van der Waals surface area contributed by atoms with Crippen LogP contribution in [0.5, 0.6) is 0 Å². The van der Waals surface area contributed by atoms with Crippen LogP contribution in [0.25, 0.3) is 11.3 Å². The van der Waals surface area contributed by atoms with Gasteiger partial charge in [0.1, 0.15) is 0 Å². The van der Waals surface area contributed by atoms with Gasteiger partial charge in [0.2, 0.25) is 0 Å². The monoisotopic (exact) mass is 185 g/mol. The summed E-state index contributed by atoms with van der Waals surface area (Å²) >= 11 is 0. The molecule has 14 heavy (non-hydrogen) atoms. The van der Waals surface area contributed by atoms with Crippen LogP contribution in [0, 0.1) is 6.07 Å². The Morgan fingerprint density at radius 1 is 1.21 bits per heavy atom. The predicted octanol–water partition coefficient (Wildman–Crippen LogP) is 3.00. The molecule has 0 atom stereocenters. The zero-order valence-electron chi connectivity index (χ0n) is 8.41. The standard InChI is InChI=1S/C12H13N2/c1-9(2)10-3-5-11(6-4-10)12-7-8-13-14-12/h3-6,8-9H,1-2H3,(H,13,14). The van der Waals surface area contributed by atoms with Crippen LogP contribution in [0.2, 0.25) is 0 Å². The molecule has 71 valence electrons. The van der Waals surface area contributed by atoms with Crippen molar-refractivity contribution < 1.29 is 0 Å². The topological polar surface area (TPSA) is 28.7 Å². The Labute approximate surface area is 84.0 Å². The van der Waals surface area contributed by atoms with Gasteiger partial charge in [0.25, 0.3) is 0 Å². The maximum atomic E-state index is 4.08. The Hall–Kier alpha value is -1.57. The van der Waals surface area contributed by atoms with Crippen molar-refractivity contribution >= 4 is 0 Å². The van der Waals surface area contributed by atoms with Gasteiger partial charge in [-0.15, -0.1) is 0 Å². The minimum Gasteiger partial charge on any atom is -0.284 e. The fourth-order valence-corrected chi connectivity index (χ4v) is 1.40. The van der Waals surface area contributed by atoms with Crippen molar-refractivity contribution in [3.8, 4) is 11.3 Å². The molecule has 0 aliphatic rings. The average molecular weight is 185 g/mol. The molecule has 2 aromatic rings. The van der Waals surface area contributed by atoms with E-state index in [1.54, 1.807) is 6.20 Å². The molecule has 1 aromatic heterocycles. The largest absolute Gasteiger partial charge is 0.284 e. The van der Waals surface area contributed by atoms with E-state index in [1.807, 2.05) is 0 Å². The van der Waals surface area contributed by atoms with E-state index in [2.05, 4.69) is 54.4 Å². The highest BCUT2D eigenvalue weighted by Gasteiger charge is 2.01. The number of nitrogens with zero attached hydrogens (tertiary/aromatic N) is 1. The normalized spacial score (nSPS) is 10.8. The van der Waals surface area contributed by atoms with Crippen molar-refractivity contribution in [1.82, 2.24) is 10.2 Å². The minimum absolute atomic E-state index is 0.576. The second kappa shape index (κ2) is 3.66.